The highest BCUT2D eigenvalue weighted by Gasteiger charge is 2.15. The summed E-state index contributed by atoms with van der Waals surface area (Å²) >= 11 is 0. The van der Waals surface area contributed by atoms with E-state index in [9.17, 15) is 9.18 Å². The van der Waals surface area contributed by atoms with Crippen molar-refractivity contribution in [2.24, 2.45) is 0 Å². The molecule has 0 bridgehead atoms. The first-order valence-corrected chi connectivity index (χ1v) is 6.19. The van der Waals surface area contributed by atoms with Crippen LogP contribution in [0.25, 0.3) is 11.1 Å². The first kappa shape index (κ1) is 14.1. The average Bonchev–Trinajstić information content (AvgIpc) is 2.47. The van der Waals surface area contributed by atoms with Crippen LogP contribution in [0.15, 0.2) is 42.5 Å². The number of hydrogen-bond donors (Lipinski definition) is 1. The lowest BCUT2D eigenvalue weighted by molar-refractivity contribution is -0.138. The maximum absolute atomic E-state index is 13.9. The molecular weight excluding hydrogens is 259 g/mol. The molecule has 0 saturated carbocycles. The van der Waals surface area contributed by atoms with E-state index in [1.54, 1.807) is 43.3 Å². The third kappa shape index (κ3) is 2.79. The number of hydrogen-bond acceptors (Lipinski definition) is 2. The maximum atomic E-state index is 13.9. The van der Waals surface area contributed by atoms with Gasteiger partial charge in [-0.3, -0.25) is 4.79 Å². The zero-order valence-corrected chi connectivity index (χ0v) is 11.3. The molecule has 0 aliphatic rings. The third-order valence-corrected chi connectivity index (χ3v) is 3.24. The summed E-state index contributed by atoms with van der Waals surface area (Å²) in [6, 6.07) is 11.4. The second-order valence-corrected chi connectivity index (χ2v) is 4.53. The molecule has 0 radical (unpaired) electrons. The fourth-order valence-electron chi connectivity index (χ4n) is 1.97. The summed E-state index contributed by atoms with van der Waals surface area (Å²) in [4.78, 5) is 11.0. The molecule has 0 fully saturated rings. The minimum Gasteiger partial charge on any atom is -0.497 e. The zero-order chi connectivity index (χ0) is 14.7. The second kappa shape index (κ2) is 5.74. The van der Waals surface area contributed by atoms with E-state index < -0.39 is 11.9 Å². The van der Waals surface area contributed by atoms with E-state index >= 15 is 0 Å². The number of rotatable bonds is 4. The summed E-state index contributed by atoms with van der Waals surface area (Å²) in [6.07, 6.45) is 0. The average molecular weight is 274 g/mol. The predicted octanol–water partition coefficient (Wildman–Crippen LogP) is 3.69. The Hall–Kier alpha value is -2.36. The van der Waals surface area contributed by atoms with Crippen LogP contribution < -0.4 is 4.74 Å². The summed E-state index contributed by atoms with van der Waals surface area (Å²) in [6.45, 7) is 1.60. The number of methoxy groups -OCH3 is 1. The number of carbonyl (C=O) groups is 1. The van der Waals surface area contributed by atoms with E-state index in [4.69, 9.17) is 9.84 Å². The van der Waals surface area contributed by atoms with Crippen LogP contribution in [0, 0.1) is 5.82 Å². The highest BCUT2D eigenvalue weighted by atomic mass is 19.1. The minimum atomic E-state index is -0.909. The Balaban J connectivity index is 2.48. The lowest BCUT2D eigenvalue weighted by atomic mass is 9.96. The number of ether oxygens (including phenoxy) is 1. The van der Waals surface area contributed by atoms with Crippen LogP contribution in [0.1, 0.15) is 18.4 Å². The molecule has 0 saturated heterocycles. The van der Waals surface area contributed by atoms with Gasteiger partial charge in [-0.2, -0.15) is 0 Å². The summed E-state index contributed by atoms with van der Waals surface area (Å²) in [7, 11) is 1.51. The van der Waals surface area contributed by atoms with Gasteiger partial charge in [0.2, 0.25) is 0 Å². The molecule has 0 aliphatic carbocycles. The van der Waals surface area contributed by atoms with Crippen LogP contribution in [0.2, 0.25) is 0 Å². The van der Waals surface area contributed by atoms with Crippen LogP contribution in [-0.4, -0.2) is 18.2 Å². The van der Waals surface area contributed by atoms with Crippen LogP contribution >= 0.6 is 0 Å². The lowest BCUT2D eigenvalue weighted by Gasteiger charge is -2.10. The Kier molecular flexibility index (Phi) is 4.03. The maximum Gasteiger partial charge on any atom is 0.310 e. The van der Waals surface area contributed by atoms with Crippen molar-refractivity contribution in [2.45, 2.75) is 12.8 Å². The number of benzene rings is 2. The summed E-state index contributed by atoms with van der Waals surface area (Å²) in [5.41, 5.74) is 1.66. The van der Waals surface area contributed by atoms with E-state index in [1.807, 2.05) is 0 Å². The molecule has 0 amide bonds. The molecule has 0 aromatic heterocycles. The van der Waals surface area contributed by atoms with E-state index in [2.05, 4.69) is 0 Å². The van der Waals surface area contributed by atoms with Gasteiger partial charge in [0.25, 0.3) is 0 Å². The van der Waals surface area contributed by atoms with Crippen molar-refractivity contribution < 1.29 is 19.0 Å². The molecule has 20 heavy (non-hydrogen) atoms. The first-order chi connectivity index (χ1) is 9.52. The van der Waals surface area contributed by atoms with Crippen molar-refractivity contribution in [3.8, 4) is 16.9 Å². The predicted molar refractivity (Wildman–Crippen MR) is 74.4 cm³/mol. The Labute approximate surface area is 116 Å². The van der Waals surface area contributed by atoms with Gasteiger partial charge in [-0.1, -0.05) is 24.3 Å². The van der Waals surface area contributed by atoms with E-state index in [1.165, 1.54) is 13.2 Å². The molecule has 3 nitrogen and oxygen atoms in total. The van der Waals surface area contributed by atoms with Gasteiger partial charge in [0.05, 0.1) is 13.0 Å². The van der Waals surface area contributed by atoms with E-state index in [0.717, 1.165) is 0 Å². The molecule has 2 aromatic carbocycles. The van der Waals surface area contributed by atoms with Gasteiger partial charge in [-0.05, 0) is 36.2 Å². The van der Waals surface area contributed by atoms with E-state index in [0.29, 0.717) is 22.4 Å². The molecule has 2 aromatic rings. The van der Waals surface area contributed by atoms with Crippen LogP contribution in [0.5, 0.6) is 5.75 Å². The van der Waals surface area contributed by atoms with Crippen molar-refractivity contribution in [3.05, 3.63) is 53.8 Å². The van der Waals surface area contributed by atoms with Gasteiger partial charge >= 0.3 is 5.97 Å². The molecule has 1 unspecified atom stereocenters. The molecule has 0 heterocycles. The monoisotopic (exact) mass is 274 g/mol. The van der Waals surface area contributed by atoms with Gasteiger partial charge < -0.3 is 9.84 Å². The van der Waals surface area contributed by atoms with Crippen molar-refractivity contribution >= 4 is 5.97 Å². The smallest absolute Gasteiger partial charge is 0.310 e. The van der Waals surface area contributed by atoms with Crippen molar-refractivity contribution in [2.75, 3.05) is 7.11 Å². The number of carboxylic acid groups (broad SMARTS) is 1. The number of aliphatic carboxylic acids is 1. The molecular formula is C16H15FO3. The summed E-state index contributed by atoms with van der Waals surface area (Å²) in [5, 5.41) is 9.04. The minimum absolute atomic E-state index is 0.370. The standard InChI is InChI=1S/C16H15FO3/c1-10(16(18)19)11-4-3-5-12(8-11)14-9-13(20-2)6-7-15(14)17/h3-10H,1-2H3,(H,18,19). The fourth-order valence-corrected chi connectivity index (χ4v) is 1.97. The third-order valence-electron chi connectivity index (χ3n) is 3.24. The SMILES string of the molecule is COc1ccc(F)c(-c2cccc(C(C)C(=O)O)c2)c1. The molecule has 0 spiro atoms. The number of carboxylic acids is 1. The zero-order valence-electron chi connectivity index (χ0n) is 11.3. The number of halogens is 1. The van der Waals surface area contributed by atoms with Crippen LogP contribution in [0.4, 0.5) is 4.39 Å². The first-order valence-electron chi connectivity index (χ1n) is 6.19. The molecule has 4 heteroatoms. The van der Waals surface area contributed by atoms with Gasteiger partial charge in [-0.15, -0.1) is 0 Å². The van der Waals surface area contributed by atoms with E-state index in [-0.39, 0.29) is 5.82 Å². The van der Waals surface area contributed by atoms with Gasteiger partial charge in [-0.25, -0.2) is 4.39 Å². The molecule has 2 rings (SSSR count). The quantitative estimate of drug-likeness (QED) is 0.924. The topological polar surface area (TPSA) is 46.5 Å². The molecule has 1 atom stereocenters. The van der Waals surface area contributed by atoms with Gasteiger partial charge in [0.1, 0.15) is 11.6 Å². The second-order valence-electron chi connectivity index (χ2n) is 4.53. The van der Waals surface area contributed by atoms with Crippen LogP contribution in [-0.2, 0) is 4.79 Å². The Bertz CT molecular complexity index is 637. The summed E-state index contributed by atoms with van der Waals surface area (Å²) < 4.78 is 19.0. The molecule has 104 valence electrons. The Morgan fingerprint density at radius 2 is 2.00 bits per heavy atom. The lowest BCUT2D eigenvalue weighted by Crippen LogP contribution is -2.07. The van der Waals surface area contributed by atoms with Crippen molar-refractivity contribution in [3.63, 3.8) is 0 Å². The Morgan fingerprint density at radius 1 is 1.25 bits per heavy atom. The molecule has 0 aliphatic heterocycles. The van der Waals surface area contributed by atoms with Crippen molar-refractivity contribution in [1.82, 2.24) is 0 Å². The Morgan fingerprint density at radius 3 is 2.65 bits per heavy atom. The highest BCUT2D eigenvalue weighted by Crippen LogP contribution is 2.29. The normalized spacial score (nSPS) is 11.9. The molecule has 1 N–H and O–H groups in total. The largest absolute Gasteiger partial charge is 0.497 e. The summed E-state index contributed by atoms with van der Waals surface area (Å²) in [5.74, 6) is -1.36. The highest BCUT2D eigenvalue weighted by molar-refractivity contribution is 5.77. The van der Waals surface area contributed by atoms with Crippen molar-refractivity contribution in [1.29, 1.82) is 0 Å². The fraction of sp³-hybridized carbons (Fsp3) is 0.188. The van der Waals surface area contributed by atoms with Gasteiger partial charge in [0.15, 0.2) is 0 Å². The van der Waals surface area contributed by atoms with Gasteiger partial charge in [0, 0.05) is 5.56 Å². The van der Waals surface area contributed by atoms with Crippen LogP contribution in [0.3, 0.4) is 0 Å².